The van der Waals surface area contributed by atoms with Gasteiger partial charge in [0.25, 0.3) is 5.91 Å². The van der Waals surface area contributed by atoms with Gasteiger partial charge in [0.15, 0.2) is 0 Å². The van der Waals surface area contributed by atoms with Crippen molar-refractivity contribution in [3.8, 4) is 0 Å². The molecule has 0 radical (unpaired) electrons. The molecule has 104 valence electrons. The molecule has 19 heavy (non-hydrogen) atoms. The highest BCUT2D eigenvalue weighted by atomic mass is 32.2. The first-order valence-corrected chi connectivity index (χ1v) is 8.37. The van der Waals surface area contributed by atoms with Crippen molar-refractivity contribution < 1.29 is 14.7 Å². The molecule has 0 fully saturated rings. The first-order valence-electron chi connectivity index (χ1n) is 5.75. The molecule has 0 aliphatic rings. The van der Waals surface area contributed by atoms with Crippen LogP contribution in [0.25, 0.3) is 0 Å². The van der Waals surface area contributed by atoms with Gasteiger partial charge in [-0.15, -0.1) is 11.8 Å². The second-order valence-electron chi connectivity index (χ2n) is 3.87. The smallest absolute Gasteiger partial charge is 0.326 e. The van der Waals surface area contributed by atoms with Crippen LogP contribution in [0.4, 0.5) is 0 Å². The molecule has 1 aromatic rings. The maximum atomic E-state index is 11.9. The molecular weight excluding hydrogens is 282 g/mol. The van der Waals surface area contributed by atoms with E-state index < -0.39 is 12.0 Å². The van der Waals surface area contributed by atoms with E-state index in [0.717, 1.165) is 4.90 Å². The van der Waals surface area contributed by atoms with Crippen molar-refractivity contribution >= 4 is 35.4 Å². The van der Waals surface area contributed by atoms with Gasteiger partial charge in [0.1, 0.15) is 6.04 Å². The highest BCUT2D eigenvalue weighted by molar-refractivity contribution is 7.98. The Kier molecular flexibility index (Phi) is 6.80. The summed E-state index contributed by atoms with van der Waals surface area (Å²) in [4.78, 5) is 24.0. The quantitative estimate of drug-likeness (QED) is 0.757. The molecule has 4 nitrogen and oxygen atoms in total. The summed E-state index contributed by atoms with van der Waals surface area (Å²) < 4.78 is 0. The SMILES string of the molecule is CSCCC(NC(=O)c1ccc(SC)cc1)C(=O)O. The van der Waals surface area contributed by atoms with E-state index in [9.17, 15) is 9.59 Å². The topological polar surface area (TPSA) is 66.4 Å². The van der Waals surface area contributed by atoms with Gasteiger partial charge in [0.2, 0.25) is 0 Å². The van der Waals surface area contributed by atoms with Gasteiger partial charge >= 0.3 is 5.97 Å². The van der Waals surface area contributed by atoms with Gasteiger partial charge in [0, 0.05) is 10.5 Å². The first-order chi connectivity index (χ1) is 9.08. The van der Waals surface area contributed by atoms with Crippen LogP contribution in [0.5, 0.6) is 0 Å². The Hall–Kier alpha value is -1.14. The average molecular weight is 299 g/mol. The summed E-state index contributed by atoms with van der Waals surface area (Å²) in [6, 6.07) is 6.26. The number of nitrogens with one attached hydrogen (secondary N) is 1. The zero-order valence-corrected chi connectivity index (χ0v) is 12.5. The highest BCUT2D eigenvalue weighted by Gasteiger charge is 2.19. The van der Waals surface area contributed by atoms with Crippen molar-refractivity contribution in [2.75, 3.05) is 18.3 Å². The normalized spacial score (nSPS) is 11.9. The van der Waals surface area contributed by atoms with Gasteiger partial charge < -0.3 is 10.4 Å². The van der Waals surface area contributed by atoms with Crippen LogP contribution in [0.1, 0.15) is 16.8 Å². The van der Waals surface area contributed by atoms with Gasteiger partial charge in [-0.25, -0.2) is 4.79 Å². The number of thioether (sulfide) groups is 2. The number of carbonyl (C=O) groups is 2. The van der Waals surface area contributed by atoms with Gasteiger partial charge in [-0.1, -0.05) is 0 Å². The summed E-state index contributed by atoms with van der Waals surface area (Å²) in [5.41, 5.74) is 0.480. The summed E-state index contributed by atoms with van der Waals surface area (Å²) in [5, 5.41) is 11.6. The molecule has 0 saturated heterocycles. The Morgan fingerprint density at radius 3 is 2.37 bits per heavy atom. The second kappa shape index (κ2) is 8.12. The Labute approximate surface area is 121 Å². The average Bonchev–Trinajstić information content (AvgIpc) is 2.43. The van der Waals surface area contributed by atoms with Crippen LogP contribution in [0.3, 0.4) is 0 Å². The number of aliphatic carboxylic acids is 1. The van der Waals surface area contributed by atoms with Crippen molar-refractivity contribution in [3.63, 3.8) is 0 Å². The largest absolute Gasteiger partial charge is 0.480 e. The zero-order valence-electron chi connectivity index (χ0n) is 10.9. The second-order valence-corrected chi connectivity index (χ2v) is 5.74. The number of hydrogen-bond donors (Lipinski definition) is 2. The fraction of sp³-hybridized carbons (Fsp3) is 0.385. The molecule has 0 heterocycles. The maximum absolute atomic E-state index is 11.9. The molecule has 0 saturated carbocycles. The van der Waals surface area contributed by atoms with Crippen LogP contribution < -0.4 is 5.32 Å². The Bertz CT molecular complexity index is 434. The van der Waals surface area contributed by atoms with E-state index in [-0.39, 0.29) is 5.91 Å². The number of rotatable bonds is 7. The predicted octanol–water partition coefficient (Wildman–Crippen LogP) is 2.34. The standard InChI is InChI=1S/C13H17NO3S2/c1-18-8-7-11(13(16)17)14-12(15)9-3-5-10(19-2)6-4-9/h3-6,11H,7-8H2,1-2H3,(H,14,15)(H,16,17). The van der Waals surface area contributed by atoms with Crippen LogP contribution in [-0.4, -0.2) is 41.3 Å². The lowest BCUT2D eigenvalue weighted by Crippen LogP contribution is -2.41. The lowest BCUT2D eigenvalue weighted by molar-refractivity contribution is -0.139. The van der Waals surface area contributed by atoms with Crippen LogP contribution in [0.15, 0.2) is 29.2 Å². The summed E-state index contributed by atoms with van der Waals surface area (Å²) in [6.45, 7) is 0. The van der Waals surface area contributed by atoms with Crippen molar-refractivity contribution in [2.45, 2.75) is 17.4 Å². The maximum Gasteiger partial charge on any atom is 0.326 e. The van der Waals surface area contributed by atoms with Gasteiger partial charge in [-0.2, -0.15) is 11.8 Å². The highest BCUT2D eigenvalue weighted by Crippen LogP contribution is 2.15. The summed E-state index contributed by atoms with van der Waals surface area (Å²) in [7, 11) is 0. The number of hydrogen-bond acceptors (Lipinski definition) is 4. The molecule has 6 heteroatoms. The minimum Gasteiger partial charge on any atom is -0.480 e. The number of benzene rings is 1. The van der Waals surface area contributed by atoms with Crippen LogP contribution >= 0.6 is 23.5 Å². The molecule has 0 aliphatic heterocycles. The fourth-order valence-corrected chi connectivity index (χ4v) is 2.36. The molecule has 0 aromatic heterocycles. The molecule has 0 bridgehead atoms. The summed E-state index contributed by atoms with van der Waals surface area (Å²) >= 11 is 3.15. The number of carboxylic acid groups (broad SMARTS) is 1. The molecule has 1 atom stereocenters. The van der Waals surface area contributed by atoms with Crippen molar-refractivity contribution in [1.82, 2.24) is 5.32 Å². The summed E-state index contributed by atoms with van der Waals surface area (Å²) in [6.07, 6.45) is 4.28. The molecule has 1 unspecified atom stereocenters. The minimum atomic E-state index is -0.997. The molecular formula is C13H17NO3S2. The molecule has 0 spiro atoms. The Balaban J connectivity index is 2.67. The molecule has 2 N–H and O–H groups in total. The molecule has 0 aliphatic carbocycles. The van der Waals surface area contributed by atoms with Crippen LogP contribution in [0, 0.1) is 0 Å². The van der Waals surface area contributed by atoms with E-state index in [2.05, 4.69) is 5.32 Å². The minimum absolute atomic E-state index is 0.346. The summed E-state index contributed by atoms with van der Waals surface area (Å²) in [5.74, 6) is -0.646. The van der Waals surface area contributed by atoms with E-state index in [4.69, 9.17) is 5.11 Å². The van der Waals surface area contributed by atoms with Crippen LogP contribution in [-0.2, 0) is 4.79 Å². The van der Waals surface area contributed by atoms with E-state index >= 15 is 0 Å². The molecule has 1 aromatic carbocycles. The van der Waals surface area contributed by atoms with Gasteiger partial charge in [-0.3, -0.25) is 4.79 Å². The third kappa shape index (κ3) is 5.16. The van der Waals surface area contributed by atoms with Gasteiger partial charge in [-0.05, 0) is 49.0 Å². The molecule has 1 amide bonds. The van der Waals surface area contributed by atoms with E-state index in [1.54, 1.807) is 35.7 Å². The van der Waals surface area contributed by atoms with Crippen molar-refractivity contribution in [2.24, 2.45) is 0 Å². The van der Waals surface area contributed by atoms with Crippen LogP contribution in [0.2, 0.25) is 0 Å². The fourth-order valence-electron chi connectivity index (χ4n) is 1.48. The lowest BCUT2D eigenvalue weighted by Gasteiger charge is -2.14. The lowest BCUT2D eigenvalue weighted by atomic mass is 10.1. The van der Waals surface area contributed by atoms with E-state index in [0.29, 0.717) is 17.7 Å². The third-order valence-corrected chi connectivity index (χ3v) is 3.95. The monoisotopic (exact) mass is 299 g/mol. The number of carbonyl (C=O) groups excluding carboxylic acids is 1. The Morgan fingerprint density at radius 1 is 1.26 bits per heavy atom. The van der Waals surface area contributed by atoms with Crippen molar-refractivity contribution in [1.29, 1.82) is 0 Å². The van der Waals surface area contributed by atoms with E-state index in [1.807, 2.05) is 24.6 Å². The predicted molar refractivity (Wildman–Crippen MR) is 80.1 cm³/mol. The van der Waals surface area contributed by atoms with E-state index in [1.165, 1.54) is 0 Å². The molecule has 1 rings (SSSR count). The number of carboxylic acids is 1. The number of amides is 1. The Morgan fingerprint density at radius 2 is 1.89 bits per heavy atom. The first kappa shape index (κ1) is 15.9. The zero-order chi connectivity index (χ0) is 14.3. The van der Waals surface area contributed by atoms with Crippen molar-refractivity contribution in [3.05, 3.63) is 29.8 Å². The van der Waals surface area contributed by atoms with Gasteiger partial charge in [0.05, 0.1) is 0 Å². The third-order valence-electron chi connectivity index (χ3n) is 2.57.